The van der Waals surface area contributed by atoms with Crippen molar-refractivity contribution in [3.63, 3.8) is 0 Å². The lowest BCUT2D eigenvalue weighted by molar-refractivity contribution is -0.121. The topological polar surface area (TPSA) is 53.2 Å². The molecular weight excluding hydrogens is 280 g/mol. The minimum Gasteiger partial charge on any atom is -0.298 e. The lowest BCUT2D eigenvalue weighted by atomic mass is 9.79. The predicted octanol–water partition coefficient (Wildman–Crippen LogP) is 3.72. The van der Waals surface area contributed by atoms with Gasteiger partial charge in [-0.2, -0.15) is 5.26 Å². The fraction of sp³-hybridized carbons (Fsp3) is 0.235. The molecule has 1 aliphatic carbocycles. The van der Waals surface area contributed by atoms with Gasteiger partial charge in [-0.3, -0.25) is 9.79 Å². The Labute approximate surface area is 126 Å². The number of ketones is 1. The molecule has 3 nitrogen and oxygen atoms in total. The lowest BCUT2D eigenvalue weighted by Crippen LogP contribution is -2.32. The van der Waals surface area contributed by atoms with E-state index in [1.165, 1.54) is 11.3 Å². The molecule has 2 atom stereocenters. The average molecular weight is 292 g/mol. The first-order chi connectivity index (χ1) is 10.2. The van der Waals surface area contributed by atoms with Crippen molar-refractivity contribution in [1.82, 2.24) is 0 Å². The van der Waals surface area contributed by atoms with Gasteiger partial charge in [0.1, 0.15) is 10.9 Å². The molecule has 0 saturated heterocycles. The first kappa shape index (κ1) is 12.5. The van der Waals surface area contributed by atoms with Crippen molar-refractivity contribution >= 4 is 29.0 Å². The smallest absolute Gasteiger partial charge is 0.157 e. The molecule has 0 radical (unpaired) electrons. The number of nitriles is 1. The molecule has 0 bridgehead atoms. The SMILES string of the molecule is N#Cc1ccc(C2CCC3(C=Nc4ccccc43)C2=O)s1. The van der Waals surface area contributed by atoms with Crippen molar-refractivity contribution in [1.29, 1.82) is 5.26 Å². The first-order valence-electron chi connectivity index (χ1n) is 6.93. The maximum absolute atomic E-state index is 13.0. The summed E-state index contributed by atoms with van der Waals surface area (Å²) in [6, 6.07) is 13.7. The van der Waals surface area contributed by atoms with Crippen LogP contribution in [0, 0.1) is 11.3 Å². The third kappa shape index (κ3) is 1.64. The Balaban J connectivity index is 1.75. The molecule has 21 heavy (non-hydrogen) atoms. The molecule has 4 heteroatoms. The highest BCUT2D eigenvalue weighted by atomic mass is 32.1. The van der Waals surface area contributed by atoms with Gasteiger partial charge >= 0.3 is 0 Å². The van der Waals surface area contributed by atoms with E-state index in [2.05, 4.69) is 11.1 Å². The Bertz CT molecular complexity index is 814. The van der Waals surface area contributed by atoms with Gasteiger partial charge in [-0.05, 0) is 36.6 Å². The summed E-state index contributed by atoms with van der Waals surface area (Å²) < 4.78 is 0. The number of Topliss-reactive ketones (excluding diaryl/α,β-unsaturated/α-hetero) is 1. The molecule has 2 aliphatic rings. The van der Waals surface area contributed by atoms with Crippen LogP contribution >= 0.6 is 11.3 Å². The van der Waals surface area contributed by atoms with Crippen LogP contribution in [0.15, 0.2) is 41.4 Å². The molecular formula is C17H12N2OS. The van der Waals surface area contributed by atoms with Crippen LogP contribution in [0.4, 0.5) is 5.69 Å². The Kier molecular flexibility index (Phi) is 2.60. The van der Waals surface area contributed by atoms with Gasteiger partial charge in [0.15, 0.2) is 5.78 Å². The number of carbonyl (C=O) groups excluding carboxylic acids is 1. The summed E-state index contributed by atoms with van der Waals surface area (Å²) in [7, 11) is 0. The molecule has 1 aromatic carbocycles. The van der Waals surface area contributed by atoms with Crippen LogP contribution in [0.5, 0.6) is 0 Å². The highest BCUT2D eigenvalue weighted by Gasteiger charge is 2.51. The Morgan fingerprint density at radius 3 is 2.95 bits per heavy atom. The predicted molar refractivity (Wildman–Crippen MR) is 82.3 cm³/mol. The zero-order chi connectivity index (χ0) is 14.4. The van der Waals surface area contributed by atoms with Gasteiger partial charge in [0.25, 0.3) is 0 Å². The van der Waals surface area contributed by atoms with Crippen LogP contribution in [0.1, 0.15) is 34.1 Å². The molecule has 0 amide bonds. The standard InChI is InChI=1S/C17H12N2OS/c18-9-11-5-6-15(21-11)12-7-8-17(16(12)20)10-19-14-4-2-1-3-13(14)17/h1-6,10,12H,7-8H2. The van der Waals surface area contributed by atoms with E-state index in [0.717, 1.165) is 29.0 Å². The summed E-state index contributed by atoms with van der Waals surface area (Å²) in [5, 5.41) is 8.95. The number of carbonyl (C=O) groups is 1. The van der Waals surface area contributed by atoms with Gasteiger partial charge in [0, 0.05) is 11.1 Å². The maximum Gasteiger partial charge on any atom is 0.157 e. The van der Waals surface area contributed by atoms with Crippen LogP contribution in [-0.4, -0.2) is 12.0 Å². The Hall–Kier alpha value is -2.25. The van der Waals surface area contributed by atoms with Crippen molar-refractivity contribution in [3.05, 3.63) is 51.7 Å². The third-order valence-electron chi connectivity index (χ3n) is 4.47. The summed E-state index contributed by atoms with van der Waals surface area (Å²) >= 11 is 1.43. The maximum atomic E-state index is 13.0. The Morgan fingerprint density at radius 1 is 1.29 bits per heavy atom. The molecule has 102 valence electrons. The van der Waals surface area contributed by atoms with Crippen molar-refractivity contribution in [2.45, 2.75) is 24.2 Å². The second kappa shape index (κ2) is 4.37. The quantitative estimate of drug-likeness (QED) is 0.804. The average Bonchev–Trinajstić information content (AvgIpc) is 3.20. The van der Waals surface area contributed by atoms with Gasteiger partial charge in [-0.25, -0.2) is 0 Å². The van der Waals surface area contributed by atoms with E-state index < -0.39 is 5.41 Å². The van der Waals surface area contributed by atoms with Gasteiger partial charge < -0.3 is 0 Å². The summed E-state index contributed by atoms with van der Waals surface area (Å²) in [4.78, 5) is 19.1. The largest absolute Gasteiger partial charge is 0.298 e. The van der Waals surface area contributed by atoms with E-state index in [4.69, 9.17) is 5.26 Å². The summed E-state index contributed by atoms with van der Waals surface area (Å²) in [5.41, 5.74) is 1.41. The summed E-state index contributed by atoms with van der Waals surface area (Å²) in [6.45, 7) is 0. The number of para-hydroxylation sites is 1. The van der Waals surface area contributed by atoms with E-state index in [0.29, 0.717) is 4.88 Å². The number of aliphatic imine (C=N–C) groups is 1. The molecule has 1 aromatic heterocycles. The van der Waals surface area contributed by atoms with E-state index in [9.17, 15) is 4.79 Å². The molecule has 1 spiro atoms. The van der Waals surface area contributed by atoms with Crippen LogP contribution in [-0.2, 0) is 10.2 Å². The zero-order valence-corrected chi connectivity index (χ0v) is 12.1. The van der Waals surface area contributed by atoms with E-state index in [1.807, 2.05) is 36.5 Å². The summed E-state index contributed by atoms with van der Waals surface area (Å²) in [6.07, 6.45) is 3.46. The zero-order valence-electron chi connectivity index (χ0n) is 11.2. The molecule has 1 aliphatic heterocycles. The second-order valence-electron chi connectivity index (χ2n) is 5.52. The van der Waals surface area contributed by atoms with Crippen molar-refractivity contribution in [2.75, 3.05) is 0 Å². The molecule has 4 rings (SSSR count). The number of benzene rings is 1. The van der Waals surface area contributed by atoms with Crippen molar-refractivity contribution < 1.29 is 4.79 Å². The van der Waals surface area contributed by atoms with Crippen molar-refractivity contribution in [3.8, 4) is 6.07 Å². The molecule has 2 aromatic rings. The number of rotatable bonds is 1. The van der Waals surface area contributed by atoms with Crippen LogP contribution in [0.3, 0.4) is 0 Å². The molecule has 2 heterocycles. The molecule has 2 unspecified atom stereocenters. The molecule has 0 N–H and O–H groups in total. The van der Waals surface area contributed by atoms with Crippen LogP contribution in [0.2, 0.25) is 0 Å². The lowest BCUT2D eigenvalue weighted by Gasteiger charge is -2.20. The monoisotopic (exact) mass is 292 g/mol. The first-order valence-corrected chi connectivity index (χ1v) is 7.75. The summed E-state index contributed by atoms with van der Waals surface area (Å²) in [5.74, 6) is 0.122. The highest BCUT2D eigenvalue weighted by Crippen LogP contribution is 2.50. The van der Waals surface area contributed by atoms with Gasteiger partial charge in [0.05, 0.1) is 17.0 Å². The molecule has 1 saturated carbocycles. The fourth-order valence-corrected chi connectivity index (χ4v) is 4.36. The fourth-order valence-electron chi connectivity index (χ4n) is 3.42. The second-order valence-corrected chi connectivity index (χ2v) is 6.63. The van der Waals surface area contributed by atoms with Gasteiger partial charge in [-0.1, -0.05) is 18.2 Å². The van der Waals surface area contributed by atoms with Crippen LogP contribution in [0.25, 0.3) is 0 Å². The normalized spacial score (nSPS) is 26.2. The minimum absolute atomic E-state index is 0.102. The Morgan fingerprint density at radius 2 is 2.14 bits per heavy atom. The van der Waals surface area contributed by atoms with E-state index >= 15 is 0 Å². The van der Waals surface area contributed by atoms with Crippen LogP contribution < -0.4 is 0 Å². The number of hydrogen-bond acceptors (Lipinski definition) is 4. The van der Waals surface area contributed by atoms with Crippen molar-refractivity contribution in [2.24, 2.45) is 4.99 Å². The number of fused-ring (bicyclic) bond motifs is 2. The van der Waals surface area contributed by atoms with Gasteiger partial charge in [-0.15, -0.1) is 11.3 Å². The number of hydrogen-bond donors (Lipinski definition) is 0. The highest BCUT2D eigenvalue weighted by molar-refractivity contribution is 7.12. The van der Waals surface area contributed by atoms with Gasteiger partial charge in [0.2, 0.25) is 0 Å². The van der Waals surface area contributed by atoms with E-state index in [-0.39, 0.29) is 11.7 Å². The van der Waals surface area contributed by atoms with E-state index in [1.54, 1.807) is 6.07 Å². The number of nitrogens with zero attached hydrogens (tertiary/aromatic N) is 2. The molecule has 1 fully saturated rings. The minimum atomic E-state index is -0.544. The number of thiophene rings is 1. The third-order valence-corrected chi connectivity index (χ3v) is 5.58.